The number of hydrogen-bond acceptors (Lipinski definition) is 4. The quantitative estimate of drug-likeness (QED) is 0.499. The van der Waals surface area contributed by atoms with E-state index >= 15 is 0 Å². The molecule has 1 amide bonds. The van der Waals surface area contributed by atoms with Crippen LogP contribution in [0.2, 0.25) is 0 Å². The maximum absolute atomic E-state index is 12.4. The minimum absolute atomic E-state index is 0.239. The minimum atomic E-state index is -0.239. The van der Waals surface area contributed by atoms with E-state index in [1.54, 1.807) is 11.8 Å². The number of unbranched alkanes of at least 4 members (excludes halogenated alkanes) is 1. The smallest absolute Gasteiger partial charge is 0.238 e. The Kier molecular flexibility index (Phi) is 6.39. The fraction of sp³-hybridized carbons (Fsp3) is 0.444. The Balaban J connectivity index is 1.18. The Morgan fingerprint density at radius 3 is 2.33 bits per heavy atom. The SMILES string of the molecule is CC1(C)SCN(CCCCN2CCN(c3[nH]c4ccccc4c3-c3ccccc3)CC2)C1=O. The van der Waals surface area contributed by atoms with Gasteiger partial charge in [-0.25, -0.2) is 0 Å². The van der Waals surface area contributed by atoms with Crippen LogP contribution in [0.1, 0.15) is 26.7 Å². The van der Waals surface area contributed by atoms with Gasteiger partial charge in [0, 0.05) is 49.2 Å². The molecule has 2 aliphatic heterocycles. The van der Waals surface area contributed by atoms with Crippen molar-refractivity contribution in [1.82, 2.24) is 14.8 Å². The number of aromatic nitrogens is 1. The summed E-state index contributed by atoms with van der Waals surface area (Å²) in [6.45, 7) is 10.3. The first kappa shape index (κ1) is 22.4. The lowest BCUT2D eigenvalue weighted by atomic mass is 10.0. The molecular formula is C27H34N4OS. The standard InChI is InChI=1S/C27H34N4OS/c1-27(2)26(32)31(20-33-27)15-9-8-14-29-16-18-30(19-17-29)25-24(21-10-4-3-5-11-21)22-12-6-7-13-23(22)28-25/h3-7,10-13,28H,8-9,14-20H2,1-2H3. The van der Waals surface area contributed by atoms with Crippen molar-refractivity contribution in [2.24, 2.45) is 0 Å². The second kappa shape index (κ2) is 9.43. The first-order valence-corrected chi connectivity index (χ1v) is 13.1. The summed E-state index contributed by atoms with van der Waals surface area (Å²) >= 11 is 1.76. The van der Waals surface area contributed by atoms with Crippen LogP contribution < -0.4 is 4.90 Å². The predicted octanol–water partition coefficient (Wildman–Crippen LogP) is 5.05. The van der Waals surface area contributed by atoms with Gasteiger partial charge in [0.05, 0.1) is 10.6 Å². The van der Waals surface area contributed by atoms with Gasteiger partial charge in [0.15, 0.2) is 0 Å². The van der Waals surface area contributed by atoms with E-state index < -0.39 is 0 Å². The van der Waals surface area contributed by atoms with Crippen molar-refractivity contribution >= 4 is 34.4 Å². The number of H-pyrrole nitrogens is 1. The predicted molar refractivity (Wildman–Crippen MR) is 140 cm³/mol. The van der Waals surface area contributed by atoms with Crippen LogP contribution in [0.4, 0.5) is 5.82 Å². The number of aromatic amines is 1. The van der Waals surface area contributed by atoms with E-state index in [1.807, 2.05) is 18.7 Å². The Bertz CT molecular complexity index is 1100. The highest BCUT2D eigenvalue weighted by molar-refractivity contribution is 8.01. The number of carbonyl (C=O) groups is 1. The van der Waals surface area contributed by atoms with Gasteiger partial charge in [-0.1, -0.05) is 48.5 Å². The largest absolute Gasteiger partial charge is 0.355 e. The lowest BCUT2D eigenvalue weighted by Gasteiger charge is -2.36. The Hall–Kier alpha value is -2.44. The summed E-state index contributed by atoms with van der Waals surface area (Å²) in [5, 5.41) is 1.29. The van der Waals surface area contributed by atoms with E-state index in [2.05, 4.69) is 69.4 Å². The summed E-state index contributed by atoms with van der Waals surface area (Å²) in [5.41, 5.74) is 3.78. The lowest BCUT2D eigenvalue weighted by molar-refractivity contribution is -0.130. The maximum atomic E-state index is 12.4. The number of amides is 1. The molecule has 6 heteroatoms. The lowest BCUT2D eigenvalue weighted by Crippen LogP contribution is -2.47. The monoisotopic (exact) mass is 462 g/mol. The topological polar surface area (TPSA) is 42.6 Å². The second-order valence-corrected chi connectivity index (χ2v) is 11.2. The average molecular weight is 463 g/mol. The second-order valence-electron chi connectivity index (χ2n) is 9.65. The van der Waals surface area contributed by atoms with Crippen LogP contribution in [-0.2, 0) is 4.79 Å². The van der Waals surface area contributed by atoms with E-state index in [0.717, 1.165) is 58.0 Å². The van der Waals surface area contributed by atoms with Crippen molar-refractivity contribution in [2.45, 2.75) is 31.4 Å². The molecule has 1 N–H and O–H groups in total. The molecule has 3 heterocycles. The molecule has 3 aromatic rings. The van der Waals surface area contributed by atoms with E-state index in [4.69, 9.17) is 0 Å². The van der Waals surface area contributed by atoms with Gasteiger partial charge < -0.3 is 14.8 Å². The molecule has 5 nitrogen and oxygen atoms in total. The van der Waals surface area contributed by atoms with Gasteiger partial charge in [-0.2, -0.15) is 0 Å². The van der Waals surface area contributed by atoms with Crippen LogP contribution in [-0.4, -0.2) is 70.6 Å². The Morgan fingerprint density at radius 2 is 1.61 bits per heavy atom. The highest BCUT2D eigenvalue weighted by Crippen LogP contribution is 2.38. The van der Waals surface area contributed by atoms with Crippen LogP contribution in [0.3, 0.4) is 0 Å². The highest BCUT2D eigenvalue weighted by Gasteiger charge is 2.38. The number of piperazine rings is 1. The van der Waals surface area contributed by atoms with E-state index in [9.17, 15) is 4.79 Å². The molecular weight excluding hydrogens is 428 g/mol. The number of para-hydroxylation sites is 1. The first-order valence-electron chi connectivity index (χ1n) is 12.1. The minimum Gasteiger partial charge on any atom is -0.355 e. The molecule has 2 saturated heterocycles. The summed E-state index contributed by atoms with van der Waals surface area (Å²) in [6.07, 6.45) is 2.24. The molecule has 0 aliphatic carbocycles. The van der Waals surface area contributed by atoms with Crippen molar-refractivity contribution in [1.29, 1.82) is 0 Å². The van der Waals surface area contributed by atoms with Crippen molar-refractivity contribution in [3.63, 3.8) is 0 Å². The molecule has 2 aliphatic rings. The molecule has 1 aromatic heterocycles. The number of fused-ring (bicyclic) bond motifs is 1. The summed E-state index contributed by atoms with van der Waals surface area (Å²) in [7, 11) is 0. The van der Waals surface area contributed by atoms with Crippen molar-refractivity contribution < 1.29 is 4.79 Å². The number of hydrogen-bond donors (Lipinski definition) is 1. The number of thioether (sulfide) groups is 1. The maximum Gasteiger partial charge on any atom is 0.238 e. The fourth-order valence-corrected chi connectivity index (χ4v) is 5.98. The van der Waals surface area contributed by atoms with Gasteiger partial charge in [-0.15, -0.1) is 11.8 Å². The molecule has 5 rings (SSSR count). The summed E-state index contributed by atoms with van der Waals surface area (Å²) in [5.74, 6) is 2.39. The van der Waals surface area contributed by atoms with Gasteiger partial charge in [0.2, 0.25) is 5.91 Å². The van der Waals surface area contributed by atoms with Gasteiger partial charge >= 0.3 is 0 Å². The molecule has 0 atom stereocenters. The van der Waals surface area contributed by atoms with Crippen LogP contribution in [0.15, 0.2) is 54.6 Å². The number of rotatable bonds is 7. The molecule has 2 fully saturated rings. The third kappa shape index (κ3) is 4.64. The van der Waals surface area contributed by atoms with E-state index in [-0.39, 0.29) is 4.75 Å². The fourth-order valence-electron chi connectivity index (χ4n) is 5.00. The van der Waals surface area contributed by atoms with E-state index in [1.165, 1.54) is 27.8 Å². The zero-order valence-corrected chi connectivity index (χ0v) is 20.5. The van der Waals surface area contributed by atoms with E-state index in [0.29, 0.717) is 5.91 Å². The van der Waals surface area contributed by atoms with Crippen LogP contribution >= 0.6 is 11.8 Å². The van der Waals surface area contributed by atoms with Crippen LogP contribution in [0.5, 0.6) is 0 Å². The number of nitrogens with one attached hydrogen (secondary N) is 1. The normalized spacial score (nSPS) is 19.0. The third-order valence-corrected chi connectivity index (χ3v) is 8.31. The van der Waals surface area contributed by atoms with Gasteiger partial charge in [0.1, 0.15) is 5.82 Å². The number of nitrogens with zero attached hydrogens (tertiary/aromatic N) is 3. The van der Waals surface area contributed by atoms with Crippen LogP contribution in [0.25, 0.3) is 22.0 Å². The molecule has 0 bridgehead atoms. The molecule has 0 unspecified atom stereocenters. The molecule has 33 heavy (non-hydrogen) atoms. The Morgan fingerprint density at radius 1 is 0.909 bits per heavy atom. The first-order chi connectivity index (χ1) is 16.0. The number of benzene rings is 2. The Labute approximate surface area is 201 Å². The summed E-state index contributed by atoms with van der Waals surface area (Å²) in [4.78, 5) is 23.2. The number of carbonyl (C=O) groups excluding carboxylic acids is 1. The molecule has 0 saturated carbocycles. The number of anilines is 1. The highest BCUT2D eigenvalue weighted by atomic mass is 32.2. The molecule has 0 radical (unpaired) electrons. The zero-order chi connectivity index (χ0) is 22.8. The third-order valence-electron chi connectivity index (χ3n) is 6.97. The summed E-state index contributed by atoms with van der Waals surface area (Å²) in [6, 6.07) is 19.4. The van der Waals surface area contributed by atoms with Gasteiger partial charge in [-0.05, 0) is 44.9 Å². The average Bonchev–Trinajstić information content (AvgIpc) is 3.35. The van der Waals surface area contributed by atoms with Crippen molar-refractivity contribution in [3.05, 3.63) is 54.6 Å². The van der Waals surface area contributed by atoms with Crippen LogP contribution in [0, 0.1) is 0 Å². The molecule has 2 aromatic carbocycles. The zero-order valence-electron chi connectivity index (χ0n) is 19.7. The van der Waals surface area contributed by atoms with Crippen molar-refractivity contribution in [2.75, 3.05) is 50.0 Å². The molecule has 174 valence electrons. The van der Waals surface area contributed by atoms with Crippen molar-refractivity contribution in [3.8, 4) is 11.1 Å². The van der Waals surface area contributed by atoms with Gasteiger partial charge in [-0.3, -0.25) is 9.69 Å². The molecule has 0 spiro atoms. The summed E-state index contributed by atoms with van der Waals surface area (Å²) < 4.78 is -0.239. The van der Waals surface area contributed by atoms with Gasteiger partial charge in [0.25, 0.3) is 0 Å².